The predicted octanol–water partition coefficient (Wildman–Crippen LogP) is 1.15. The summed E-state index contributed by atoms with van der Waals surface area (Å²) < 4.78 is -0.550. The summed E-state index contributed by atoms with van der Waals surface area (Å²) in [5.41, 5.74) is -0.401. The summed E-state index contributed by atoms with van der Waals surface area (Å²) in [6.07, 6.45) is 3.07. The number of aliphatic hydroxyl groups is 1. The van der Waals surface area contributed by atoms with Gasteiger partial charge in [0.15, 0.2) is 0 Å². The van der Waals surface area contributed by atoms with Gasteiger partial charge >= 0.3 is 0 Å². The van der Waals surface area contributed by atoms with Crippen molar-refractivity contribution in [2.45, 2.75) is 75.0 Å². The van der Waals surface area contributed by atoms with Crippen LogP contribution in [0.4, 0.5) is 0 Å². The summed E-state index contributed by atoms with van der Waals surface area (Å²) in [5.74, 6) is -0.903. The van der Waals surface area contributed by atoms with E-state index >= 15 is 0 Å². The predicted molar refractivity (Wildman–Crippen MR) is 113 cm³/mol. The highest BCUT2D eigenvalue weighted by Gasteiger charge is 2.75. The summed E-state index contributed by atoms with van der Waals surface area (Å²) >= 11 is 1.70. The molecular formula is C21H35N3O4S. The van der Waals surface area contributed by atoms with Crippen LogP contribution in [-0.2, 0) is 14.4 Å². The zero-order chi connectivity index (χ0) is 21.6. The van der Waals surface area contributed by atoms with E-state index in [9.17, 15) is 14.4 Å². The molecule has 3 rings (SSSR count). The Bertz CT molecular complexity index is 679. The van der Waals surface area contributed by atoms with Crippen LogP contribution in [0.2, 0.25) is 0 Å². The number of hydrogen-bond donors (Lipinski definition) is 3. The lowest BCUT2D eigenvalue weighted by Gasteiger charge is -2.39. The molecule has 8 heteroatoms. The molecule has 6 atom stereocenters. The molecule has 0 aromatic heterocycles. The van der Waals surface area contributed by atoms with Gasteiger partial charge < -0.3 is 20.6 Å². The number of thioether (sulfide) groups is 1. The van der Waals surface area contributed by atoms with E-state index in [4.69, 9.17) is 5.11 Å². The first-order valence-corrected chi connectivity index (χ1v) is 11.6. The van der Waals surface area contributed by atoms with Gasteiger partial charge in [0.25, 0.3) is 0 Å². The van der Waals surface area contributed by atoms with Gasteiger partial charge in [-0.2, -0.15) is 0 Å². The fraction of sp³-hybridized carbons (Fsp3) is 0.857. The summed E-state index contributed by atoms with van der Waals surface area (Å²) in [4.78, 5) is 41.5. The second kappa shape index (κ2) is 8.10. The molecule has 29 heavy (non-hydrogen) atoms. The van der Waals surface area contributed by atoms with E-state index < -0.39 is 22.2 Å². The number of carbonyl (C=O) groups is 3. The minimum Gasteiger partial charge on any atom is -0.396 e. The van der Waals surface area contributed by atoms with E-state index in [1.54, 1.807) is 23.7 Å². The first-order chi connectivity index (χ1) is 13.6. The molecule has 3 N–H and O–H groups in total. The van der Waals surface area contributed by atoms with Gasteiger partial charge in [-0.1, -0.05) is 6.92 Å². The Balaban J connectivity index is 1.97. The second-order valence-corrected chi connectivity index (χ2v) is 11.3. The molecule has 3 aliphatic heterocycles. The molecule has 0 radical (unpaired) electrons. The number of hydrogen-bond acceptors (Lipinski definition) is 5. The largest absolute Gasteiger partial charge is 0.396 e. The van der Waals surface area contributed by atoms with Gasteiger partial charge in [0.2, 0.25) is 17.7 Å². The number of amides is 3. The van der Waals surface area contributed by atoms with Crippen LogP contribution < -0.4 is 10.6 Å². The van der Waals surface area contributed by atoms with Gasteiger partial charge in [-0.25, -0.2) is 0 Å². The van der Waals surface area contributed by atoms with Crippen molar-refractivity contribution in [2.24, 2.45) is 17.8 Å². The smallest absolute Gasteiger partial charge is 0.244 e. The average molecular weight is 426 g/mol. The molecule has 0 aromatic rings. The maximum absolute atomic E-state index is 13.6. The molecular weight excluding hydrogens is 390 g/mol. The average Bonchev–Trinajstić information content (AvgIpc) is 3.21. The normalized spacial score (nSPS) is 35.7. The Labute approximate surface area is 177 Å². The van der Waals surface area contributed by atoms with Crippen LogP contribution in [0.5, 0.6) is 0 Å². The van der Waals surface area contributed by atoms with Crippen LogP contribution in [0, 0.1) is 17.8 Å². The molecule has 0 saturated carbocycles. The first kappa shape index (κ1) is 22.4. The van der Waals surface area contributed by atoms with Crippen molar-refractivity contribution in [3.63, 3.8) is 0 Å². The number of aliphatic hydroxyl groups excluding tert-OH is 1. The highest BCUT2D eigenvalue weighted by atomic mass is 32.2. The summed E-state index contributed by atoms with van der Waals surface area (Å²) in [6, 6.07) is -0.562. The number of carbonyl (C=O) groups excluding carboxylic acids is 3. The minimum absolute atomic E-state index is 0.0572. The number of likely N-dealkylation sites (tertiary alicyclic amines) is 1. The third kappa shape index (κ3) is 3.67. The standard InChI is InChI=1S/C21H35N3O4S/c1-12-11-13-14(17(26)22-5)15-19(28)24(9-7-6-8-10-25)16(21(12,15)29-13)18(27)23-20(2,3)4/h12-16,25H,6-11H2,1-5H3,(H,22,26)(H,23,27)/t12?,13-,14+,15-,16?,21?/m0/s1. The minimum atomic E-state index is -0.562. The molecule has 1 spiro atoms. The maximum Gasteiger partial charge on any atom is 0.244 e. The van der Waals surface area contributed by atoms with Crippen molar-refractivity contribution in [3.05, 3.63) is 0 Å². The third-order valence-electron chi connectivity index (χ3n) is 6.60. The van der Waals surface area contributed by atoms with Gasteiger partial charge in [-0.3, -0.25) is 14.4 Å². The zero-order valence-electron chi connectivity index (χ0n) is 18.2. The molecule has 3 aliphatic rings. The van der Waals surface area contributed by atoms with Crippen LogP contribution >= 0.6 is 11.8 Å². The van der Waals surface area contributed by atoms with Crippen LogP contribution in [-0.4, -0.2) is 69.5 Å². The fourth-order valence-electron chi connectivity index (χ4n) is 5.54. The zero-order valence-corrected chi connectivity index (χ0v) is 19.0. The van der Waals surface area contributed by atoms with Gasteiger partial charge in [0.1, 0.15) is 6.04 Å². The third-order valence-corrected chi connectivity index (χ3v) is 8.67. The lowest BCUT2D eigenvalue weighted by atomic mass is 9.66. The maximum atomic E-state index is 13.6. The van der Waals surface area contributed by atoms with E-state index in [1.165, 1.54) is 0 Å². The summed E-state index contributed by atoms with van der Waals surface area (Å²) in [6.45, 7) is 8.56. The number of nitrogens with zero attached hydrogens (tertiary/aromatic N) is 1. The molecule has 3 fully saturated rings. The monoisotopic (exact) mass is 425 g/mol. The van der Waals surface area contributed by atoms with Crippen molar-refractivity contribution < 1.29 is 19.5 Å². The molecule has 3 saturated heterocycles. The van der Waals surface area contributed by atoms with E-state index in [-0.39, 0.29) is 41.4 Å². The van der Waals surface area contributed by atoms with Gasteiger partial charge in [-0.05, 0) is 52.4 Å². The molecule has 3 unspecified atom stereocenters. The molecule has 0 aromatic carbocycles. The molecule has 7 nitrogen and oxygen atoms in total. The Morgan fingerprint density at radius 1 is 1.24 bits per heavy atom. The van der Waals surface area contributed by atoms with E-state index in [1.807, 2.05) is 20.8 Å². The Kier molecular flexibility index (Phi) is 6.26. The lowest BCUT2D eigenvalue weighted by molar-refractivity contribution is -0.140. The van der Waals surface area contributed by atoms with Crippen LogP contribution in [0.15, 0.2) is 0 Å². The van der Waals surface area contributed by atoms with Gasteiger partial charge in [-0.15, -0.1) is 11.8 Å². The quantitative estimate of drug-likeness (QED) is 0.532. The summed E-state index contributed by atoms with van der Waals surface area (Å²) in [7, 11) is 1.62. The molecule has 2 bridgehead atoms. The first-order valence-electron chi connectivity index (χ1n) is 10.7. The number of unbranched alkanes of at least 4 members (excludes halogenated alkanes) is 2. The van der Waals surface area contributed by atoms with Crippen LogP contribution in [0.25, 0.3) is 0 Å². The van der Waals surface area contributed by atoms with E-state index in [2.05, 4.69) is 17.6 Å². The summed E-state index contributed by atoms with van der Waals surface area (Å²) in [5, 5.41) is 15.0. The highest BCUT2D eigenvalue weighted by molar-refractivity contribution is 8.02. The number of fused-ring (bicyclic) bond motifs is 1. The molecule has 0 aliphatic carbocycles. The Morgan fingerprint density at radius 2 is 1.93 bits per heavy atom. The number of rotatable bonds is 7. The van der Waals surface area contributed by atoms with Gasteiger partial charge in [0.05, 0.1) is 16.6 Å². The van der Waals surface area contributed by atoms with Gasteiger partial charge in [0, 0.05) is 31.0 Å². The Hall–Kier alpha value is -1.28. The van der Waals surface area contributed by atoms with Crippen molar-refractivity contribution in [2.75, 3.05) is 20.2 Å². The van der Waals surface area contributed by atoms with Crippen molar-refractivity contribution in [1.82, 2.24) is 15.5 Å². The fourth-order valence-corrected chi connectivity index (χ4v) is 7.96. The van der Waals surface area contributed by atoms with Crippen molar-refractivity contribution in [1.29, 1.82) is 0 Å². The van der Waals surface area contributed by atoms with Crippen molar-refractivity contribution >= 4 is 29.5 Å². The molecule has 3 heterocycles. The molecule has 164 valence electrons. The van der Waals surface area contributed by atoms with E-state index in [0.29, 0.717) is 13.0 Å². The highest BCUT2D eigenvalue weighted by Crippen LogP contribution is 2.68. The van der Waals surface area contributed by atoms with Crippen molar-refractivity contribution in [3.8, 4) is 0 Å². The number of nitrogens with one attached hydrogen (secondary N) is 2. The Morgan fingerprint density at radius 3 is 2.52 bits per heavy atom. The second-order valence-electron chi connectivity index (χ2n) is 9.72. The molecule has 3 amide bonds. The lowest BCUT2D eigenvalue weighted by Crippen LogP contribution is -2.59. The topological polar surface area (TPSA) is 98.7 Å². The van der Waals surface area contributed by atoms with E-state index in [0.717, 1.165) is 19.3 Å². The van der Waals surface area contributed by atoms with Crippen LogP contribution in [0.1, 0.15) is 53.4 Å². The van der Waals surface area contributed by atoms with Crippen LogP contribution in [0.3, 0.4) is 0 Å². The SMILES string of the molecule is CNC(=O)[C@@H]1[C@@H]2CC(C)C3(S2)C(C(=O)NC(C)(C)C)N(CCCCCO)C(=O)[C@H]13.